The van der Waals surface area contributed by atoms with Gasteiger partial charge in [-0.2, -0.15) is 0 Å². The molecule has 2 aromatic carbocycles. The zero-order valence-electron chi connectivity index (χ0n) is 15.5. The summed E-state index contributed by atoms with van der Waals surface area (Å²) in [5, 5.41) is 2.56. The minimum Gasteiger partial charge on any atom is -0.366 e. The first-order valence-corrected chi connectivity index (χ1v) is 10.1. The molecule has 0 saturated heterocycles. The Labute approximate surface area is 172 Å². The standard InChI is InChI=1S/C20H17FN4O4S/c21-15-5-9-17(10-6-15)25(30(28,29)18-2-1-11-23-12-18)13-19(26)24-16-7-3-14(4-8-16)20(22)27/h1-12H,13H2,(H2,22,27)(H,24,26). The van der Waals surface area contributed by atoms with E-state index in [0.717, 1.165) is 22.6 Å². The highest BCUT2D eigenvalue weighted by atomic mass is 32.2. The van der Waals surface area contributed by atoms with Crippen LogP contribution < -0.4 is 15.4 Å². The predicted molar refractivity (Wildman–Crippen MR) is 109 cm³/mol. The number of carbonyl (C=O) groups is 2. The van der Waals surface area contributed by atoms with Crippen molar-refractivity contribution >= 4 is 33.2 Å². The van der Waals surface area contributed by atoms with Crippen molar-refractivity contribution in [3.05, 3.63) is 84.4 Å². The lowest BCUT2D eigenvalue weighted by atomic mass is 10.2. The van der Waals surface area contributed by atoms with E-state index in [1.807, 2.05) is 0 Å². The molecule has 0 unspecified atom stereocenters. The first-order valence-electron chi connectivity index (χ1n) is 8.65. The van der Waals surface area contributed by atoms with Gasteiger partial charge in [-0.25, -0.2) is 12.8 Å². The topological polar surface area (TPSA) is 122 Å². The maximum absolute atomic E-state index is 13.3. The molecule has 0 radical (unpaired) electrons. The maximum Gasteiger partial charge on any atom is 0.266 e. The largest absolute Gasteiger partial charge is 0.366 e. The van der Waals surface area contributed by atoms with Gasteiger partial charge in [-0.05, 0) is 60.7 Å². The SMILES string of the molecule is NC(=O)c1ccc(NC(=O)CN(c2ccc(F)cc2)S(=O)(=O)c2cccnc2)cc1. The van der Waals surface area contributed by atoms with E-state index in [9.17, 15) is 22.4 Å². The molecule has 3 N–H and O–H groups in total. The van der Waals surface area contributed by atoms with Crippen molar-refractivity contribution < 1.29 is 22.4 Å². The fourth-order valence-corrected chi connectivity index (χ4v) is 3.98. The lowest BCUT2D eigenvalue weighted by molar-refractivity contribution is -0.114. The van der Waals surface area contributed by atoms with E-state index in [4.69, 9.17) is 5.73 Å². The minimum atomic E-state index is -4.15. The molecule has 0 atom stereocenters. The Balaban J connectivity index is 1.88. The Bertz CT molecular complexity index is 1150. The molecule has 0 saturated carbocycles. The number of pyridine rings is 1. The summed E-state index contributed by atoms with van der Waals surface area (Å²) in [7, 11) is -4.15. The average molecular weight is 428 g/mol. The van der Waals surface area contributed by atoms with Gasteiger partial charge in [0, 0.05) is 23.6 Å². The molecular formula is C20H17FN4O4S. The van der Waals surface area contributed by atoms with Gasteiger partial charge in [-0.15, -0.1) is 0 Å². The van der Waals surface area contributed by atoms with E-state index in [1.165, 1.54) is 54.7 Å². The molecule has 154 valence electrons. The van der Waals surface area contributed by atoms with Crippen LogP contribution in [0, 0.1) is 5.82 Å². The van der Waals surface area contributed by atoms with Crippen molar-refractivity contribution in [1.82, 2.24) is 4.98 Å². The smallest absolute Gasteiger partial charge is 0.266 e. The number of nitrogens with zero attached hydrogens (tertiary/aromatic N) is 2. The van der Waals surface area contributed by atoms with Gasteiger partial charge in [0.2, 0.25) is 11.8 Å². The van der Waals surface area contributed by atoms with Crippen LogP contribution in [0.15, 0.2) is 78.0 Å². The summed E-state index contributed by atoms with van der Waals surface area (Å²) < 4.78 is 40.3. The molecule has 0 spiro atoms. The van der Waals surface area contributed by atoms with E-state index < -0.39 is 34.2 Å². The van der Waals surface area contributed by atoms with Gasteiger partial charge in [0.15, 0.2) is 0 Å². The number of amides is 2. The number of hydrogen-bond acceptors (Lipinski definition) is 5. The van der Waals surface area contributed by atoms with Gasteiger partial charge in [0.05, 0.1) is 5.69 Å². The van der Waals surface area contributed by atoms with Crippen LogP contribution in [-0.2, 0) is 14.8 Å². The Morgan fingerprint density at radius 1 is 1.03 bits per heavy atom. The third-order valence-electron chi connectivity index (χ3n) is 4.08. The Morgan fingerprint density at radius 2 is 1.70 bits per heavy atom. The Hall–Kier alpha value is -3.79. The summed E-state index contributed by atoms with van der Waals surface area (Å²) in [5.74, 6) is -1.80. The molecule has 8 nitrogen and oxygen atoms in total. The number of halogens is 1. The number of carbonyl (C=O) groups excluding carboxylic acids is 2. The second-order valence-electron chi connectivity index (χ2n) is 6.17. The normalized spacial score (nSPS) is 11.0. The summed E-state index contributed by atoms with van der Waals surface area (Å²) in [4.78, 5) is 27.4. The molecule has 1 heterocycles. The number of anilines is 2. The van der Waals surface area contributed by atoms with Crippen LogP contribution in [0.3, 0.4) is 0 Å². The summed E-state index contributed by atoms with van der Waals surface area (Å²) >= 11 is 0. The fourth-order valence-electron chi connectivity index (χ4n) is 2.60. The van der Waals surface area contributed by atoms with Crippen molar-refractivity contribution in [3.8, 4) is 0 Å². The van der Waals surface area contributed by atoms with E-state index in [2.05, 4.69) is 10.3 Å². The van der Waals surface area contributed by atoms with Gasteiger partial charge in [-0.1, -0.05) is 0 Å². The fraction of sp³-hybridized carbons (Fsp3) is 0.0500. The number of benzene rings is 2. The number of nitrogens with one attached hydrogen (secondary N) is 1. The first-order chi connectivity index (χ1) is 14.3. The van der Waals surface area contributed by atoms with Crippen LogP contribution in [0.4, 0.5) is 15.8 Å². The zero-order valence-corrected chi connectivity index (χ0v) is 16.3. The molecule has 3 rings (SSSR count). The van der Waals surface area contributed by atoms with Crippen LogP contribution >= 0.6 is 0 Å². The quantitative estimate of drug-likeness (QED) is 0.597. The minimum absolute atomic E-state index is 0.111. The zero-order chi connectivity index (χ0) is 21.7. The monoisotopic (exact) mass is 428 g/mol. The second-order valence-corrected chi connectivity index (χ2v) is 8.03. The maximum atomic E-state index is 13.3. The highest BCUT2D eigenvalue weighted by Crippen LogP contribution is 2.23. The average Bonchev–Trinajstić information content (AvgIpc) is 2.74. The van der Waals surface area contributed by atoms with E-state index in [1.54, 1.807) is 0 Å². The number of aromatic nitrogens is 1. The molecule has 0 aliphatic carbocycles. The molecule has 10 heteroatoms. The summed E-state index contributed by atoms with van der Waals surface area (Å²) in [6.07, 6.45) is 2.58. The molecule has 2 amide bonds. The van der Waals surface area contributed by atoms with Crippen LogP contribution in [-0.4, -0.2) is 31.8 Å². The lowest BCUT2D eigenvalue weighted by Crippen LogP contribution is -2.38. The van der Waals surface area contributed by atoms with Crippen LogP contribution in [0.5, 0.6) is 0 Å². The second kappa shape index (κ2) is 8.70. The molecule has 0 aliphatic rings. The number of nitrogens with two attached hydrogens (primary N) is 1. The number of primary amides is 1. The van der Waals surface area contributed by atoms with E-state index >= 15 is 0 Å². The summed E-state index contributed by atoms with van der Waals surface area (Å²) in [6.45, 7) is -0.569. The van der Waals surface area contributed by atoms with Crippen molar-refractivity contribution in [1.29, 1.82) is 0 Å². The summed E-state index contributed by atoms with van der Waals surface area (Å²) in [5.41, 5.74) is 5.90. The molecule has 1 aromatic heterocycles. The van der Waals surface area contributed by atoms with E-state index in [-0.39, 0.29) is 16.1 Å². The van der Waals surface area contributed by atoms with Crippen molar-refractivity contribution in [3.63, 3.8) is 0 Å². The van der Waals surface area contributed by atoms with Crippen molar-refractivity contribution in [2.75, 3.05) is 16.2 Å². The van der Waals surface area contributed by atoms with Gasteiger partial charge in [0.25, 0.3) is 10.0 Å². The highest BCUT2D eigenvalue weighted by molar-refractivity contribution is 7.92. The van der Waals surface area contributed by atoms with Crippen LogP contribution in [0.2, 0.25) is 0 Å². The highest BCUT2D eigenvalue weighted by Gasteiger charge is 2.27. The summed E-state index contributed by atoms with van der Waals surface area (Å²) in [6, 6.07) is 13.3. The first kappa shape index (κ1) is 20.9. The van der Waals surface area contributed by atoms with Gasteiger partial charge in [-0.3, -0.25) is 18.9 Å². The molecule has 30 heavy (non-hydrogen) atoms. The molecule has 0 bridgehead atoms. The van der Waals surface area contributed by atoms with Gasteiger partial charge in [0.1, 0.15) is 17.3 Å². The third-order valence-corrected chi connectivity index (χ3v) is 5.83. The van der Waals surface area contributed by atoms with E-state index in [0.29, 0.717) is 5.69 Å². The third kappa shape index (κ3) is 4.78. The number of hydrogen-bond donors (Lipinski definition) is 2. The number of rotatable bonds is 7. The van der Waals surface area contributed by atoms with Crippen molar-refractivity contribution in [2.24, 2.45) is 5.73 Å². The van der Waals surface area contributed by atoms with Crippen LogP contribution in [0.1, 0.15) is 10.4 Å². The predicted octanol–water partition coefficient (Wildman–Crippen LogP) is 2.15. The Morgan fingerprint density at radius 3 is 2.27 bits per heavy atom. The molecule has 0 aliphatic heterocycles. The van der Waals surface area contributed by atoms with Crippen molar-refractivity contribution in [2.45, 2.75) is 4.90 Å². The number of sulfonamides is 1. The van der Waals surface area contributed by atoms with Crippen LogP contribution in [0.25, 0.3) is 0 Å². The molecule has 0 fully saturated rings. The van der Waals surface area contributed by atoms with Gasteiger partial charge < -0.3 is 11.1 Å². The molecule has 3 aromatic rings. The molecular weight excluding hydrogens is 411 g/mol. The van der Waals surface area contributed by atoms with Gasteiger partial charge >= 0.3 is 0 Å². The Kier molecular flexibility index (Phi) is 6.07. The lowest BCUT2D eigenvalue weighted by Gasteiger charge is -2.24.